The fourth-order valence-electron chi connectivity index (χ4n) is 2.62. The highest BCUT2D eigenvalue weighted by molar-refractivity contribution is 7.92. The Morgan fingerprint density at radius 3 is 2.68 bits per heavy atom. The fraction of sp³-hybridized carbons (Fsp3) is 0.238. The monoisotopic (exact) mass is 465 g/mol. The van der Waals surface area contributed by atoms with Gasteiger partial charge in [0.25, 0.3) is 5.91 Å². The van der Waals surface area contributed by atoms with E-state index in [1.54, 1.807) is 49.4 Å². The number of hydrazone groups is 1. The smallest absolute Gasteiger partial charge is 0.260 e. The first kappa shape index (κ1) is 24.2. The van der Waals surface area contributed by atoms with Crippen molar-refractivity contribution in [3.8, 4) is 11.5 Å². The molecule has 0 aromatic heterocycles. The number of ether oxygens (including phenoxy) is 2. The van der Waals surface area contributed by atoms with E-state index in [2.05, 4.69) is 17.1 Å². The summed E-state index contributed by atoms with van der Waals surface area (Å²) < 4.78 is 36.2. The Morgan fingerprint density at radius 1 is 1.29 bits per heavy atom. The van der Waals surface area contributed by atoms with Crippen molar-refractivity contribution in [2.45, 2.75) is 6.92 Å². The van der Waals surface area contributed by atoms with Gasteiger partial charge in [0.15, 0.2) is 11.5 Å². The molecular formula is C21H24ClN3O5S. The van der Waals surface area contributed by atoms with Crippen LogP contribution in [0.2, 0.25) is 5.02 Å². The third-order valence-corrected chi connectivity index (χ3v) is 5.68. The molecule has 0 saturated carbocycles. The Hall–Kier alpha value is -3.04. The Bertz CT molecular complexity index is 1090. The fourth-order valence-corrected chi connectivity index (χ4v) is 3.70. The standard InChI is InChI=1S/C21H24ClN3O5S/c1-5-11-30-19-10-9-16(12-20(19)29-3)13-23-24-21(26)14-25(31(4,27)28)18-8-6-7-17(22)15(18)2/h5-10,12-13H,1,11,14H2,2-4H3,(H,24,26)/b23-13-. The summed E-state index contributed by atoms with van der Waals surface area (Å²) >= 11 is 6.09. The van der Waals surface area contributed by atoms with E-state index in [9.17, 15) is 13.2 Å². The van der Waals surface area contributed by atoms with Gasteiger partial charge >= 0.3 is 0 Å². The van der Waals surface area contributed by atoms with Gasteiger partial charge in [-0.3, -0.25) is 9.10 Å². The van der Waals surface area contributed by atoms with Crippen molar-refractivity contribution in [3.05, 3.63) is 65.2 Å². The number of anilines is 1. The van der Waals surface area contributed by atoms with Crippen LogP contribution in [0.4, 0.5) is 5.69 Å². The molecule has 2 rings (SSSR count). The molecule has 0 heterocycles. The highest BCUT2D eigenvalue weighted by Gasteiger charge is 2.23. The third kappa shape index (κ3) is 6.73. The Balaban J connectivity index is 2.11. The topological polar surface area (TPSA) is 97.3 Å². The zero-order valence-corrected chi connectivity index (χ0v) is 19.0. The lowest BCUT2D eigenvalue weighted by Gasteiger charge is -2.23. The lowest BCUT2D eigenvalue weighted by atomic mass is 10.2. The molecular weight excluding hydrogens is 442 g/mol. The first-order valence-corrected chi connectivity index (χ1v) is 11.4. The van der Waals surface area contributed by atoms with Crippen LogP contribution < -0.4 is 19.2 Å². The van der Waals surface area contributed by atoms with Crippen LogP contribution in [0, 0.1) is 6.92 Å². The molecule has 31 heavy (non-hydrogen) atoms. The van der Waals surface area contributed by atoms with Gasteiger partial charge < -0.3 is 9.47 Å². The number of hydrogen-bond acceptors (Lipinski definition) is 6. The van der Waals surface area contributed by atoms with Gasteiger partial charge in [-0.2, -0.15) is 5.10 Å². The number of hydrogen-bond donors (Lipinski definition) is 1. The maximum atomic E-state index is 12.3. The number of methoxy groups -OCH3 is 1. The summed E-state index contributed by atoms with van der Waals surface area (Å²) in [6, 6.07) is 9.97. The van der Waals surface area contributed by atoms with Gasteiger partial charge in [-0.1, -0.05) is 30.3 Å². The summed E-state index contributed by atoms with van der Waals surface area (Å²) in [7, 11) is -2.22. The van der Waals surface area contributed by atoms with E-state index in [1.165, 1.54) is 13.3 Å². The van der Waals surface area contributed by atoms with E-state index in [1.807, 2.05) is 0 Å². The average Bonchev–Trinajstić information content (AvgIpc) is 2.72. The minimum Gasteiger partial charge on any atom is -0.493 e. The maximum absolute atomic E-state index is 12.3. The number of benzene rings is 2. The first-order valence-electron chi connectivity index (χ1n) is 9.13. The maximum Gasteiger partial charge on any atom is 0.260 e. The molecule has 0 aliphatic rings. The lowest BCUT2D eigenvalue weighted by Crippen LogP contribution is -2.39. The molecule has 10 heteroatoms. The molecule has 0 aliphatic carbocycles. The van der Waals surface area contributed by atoms with Crippen LogP contribution in [-0.2, 0) is 14.8 Å². The number of carbonyl (C=O) groups excluding carboxylic acids is 1. The average molecular weight is 466 g/mol. The van der Waals surface area contributed by atoms with Crippen LogP contribution in [0.15, 0.2) is 54.2 Å². The van der Waals surface area contributed by atoms with Gasteiger partial charge in [0, 0.05) is 5.02 Å². The summed E-state index contributed by atoms with van der Waals surface area (Å²) in [5.41, 5.74) is 3.86. The van der Waals surface area contributed by atoms with E-state index in [4.69, 9.17) is 21.1 Å². The summed E-state index contributed by atoms with van der Waals surface area (Å²) in [6.07, 6.45) is 4.05. The predicted molar refractivity (Wildman–Crippen MR) is 123 cm³/mol. The zero-order valence-electron chi connectivity index (χ0n) is 17.5. The van der Waals surface area contributed by atoms with Crippen LogP contribution in [0.3, 0.4) is 0 Å². The highest BCUT2D eigenvalue weighted by Crippen LogP contribution is 2.28. The van der Waals surface area contributed by atoms with Crippen LogP contribution in [0.5, 0.6) is 11.5 Å². The summed E-state index contributed by atoms with van der Waals surface area (Å²) in [4.78, 5) is 12.3. The molecule has 0 atom stereocenters. The quantitative estimate of drug-likeness (QED) is 0.330. The van der Waals surface area contributed by atoms with Crippen molar-refractivity contribution < 1.29 is 22.7 Å². The van der Waals surface area contributed by atoms with Crippen molar-refractivity contribution in [2.75, 3.05) is 30.8 Å². The second kappa shape index (κ2) is 10.8. The number of carbonyl (C=O) groups is 1. The number of rotatable bonds is 10. The van der Waals surface area contributed by atoms with Gasteiger partial charge in [0.05, 0.1) is 25.3 Å². The third-order valence-electron chi connectivity index (χ3n) is 4.14. The number of nitrogens with zero attached hydrogens (tertiary/aromatic N) is 2. The van der Waals surface area contributed by atoms with Crippen molar-refractivity contribution in [2.24, 2.45) is 5.10 Å². The lowest BCUT2D eigenvalue weighted by molar-refractivity contribution is -0.119. The van der Waals surface area contributed by atoms with Gasteiger partial charge in [-0.05, 0) is 48.4 Å². The van der Waals surface area contributed by atoms with Crippen LogP contribution >= 0.6 is 11.6 Å². The molecule has 8 nitrogen and oxygen atoms in total. The van der Waals surface area contributed by atoms with Gasteiger partial charge in [-0.25, -0.2) is 13.8 Å². The molecule has 0 fully saturated rings. The Kier molecular flexibility index (Phi) is 8.47. The van der Waals surface area contributed by atoms with Crippen molar-refractivity contribution in [1.29, 1.82) is 0 Å². The molecule has 2 aromatic rings. The van der Waals surface area contributed by atoms with E-state index < -0.39 is 22.5 Å². The normalized spacial score (nSPS) is 11.2. The van der Waals surface area contributed by atoms with E-state index in [0.29, 0.717) is 39.9 Å². The van der Waals surface area contributed by atoms with Crippen molar-refractivity contribution in [3.63, 3.8) is 0 Å². The molecule has 0 unspecified atom stereocenters. The first-order chi connectivity index (χ1) is 14.7. The van der Waals surface area contributed by atoms with Gasteiger partial charge in [0.2, 0.25) is 10.0 Å². The van der Waals surface area contributed by atoms with Crippen LogP contribution in [-0.4, -0.2) is 47.1 Å². The molecule has 0 spiro atoms. The zero-order chi connectivity index (χ0) is 23.0. The Labute approximate surface area is 187 Å². The molecule has 0 saturated heterocycles. The second-order valence-electron chi connectivity index (χ2n) is 6.46. The molecule has 0 aliphatic heterocycles. The minimum atomic E-state index is -3.73. The SMILES string of the molecule is C=CCOc1ccc(/C=N\NC(=O)CN(c2cccc(Cl)c2C)S(C)(=O)=O)cc1OC. The second-order valence-corrected chi connectivity index (χ2v) is 8.77. The van der Waals surface area contributed by atoms with Gasteiger partial charge in [0.1, 0.15) is 13.2 Å². The predicted octanol–water partition coefficient (Wildman–Crippen LogP) is 3.14. The number of nitrogens with one attached hydrogen (secondary N) is 1. The largest absolute Gasteiger partial charge is 0.493 e. The minimum absolute atomic E-state index is 0.328. The van der Waals surface area contributed by atoms with E-state index in [-0.39, 0.29) is 0 Å². The number of halogens is 1. The molecule has 2 aromatic carbocycles. The molecule has 0 radical (unpaired) electrons. The summed E-state index contributed by atoms with van der Waals surface area (Å²) in [6.45, 7) is 5.16. The molecule has 1 amide bonds. The summed E-state index contributed by atoms with van der Waals surface area (Å²) in [5, 5.41) is 4.29. The van der Waals surface area contributed by atoms with Crippen molar-refractivity contribution in [1.82, 2.24) is 5.43 Å². The number of sulfonamides is 1. The van der Waals surface area contributed by atoms with E-state index in [0.717, 1.165) is 10.6 Å². The molecule has 1 N–H and O–H groups in total. The number of amides is 1. The van der Waals surface area contributed by atoms with Crippen LogP contribution in [0.25, 0.3) is 0 Å². The highest BCUT2D eigenvalue weighted by atomic mass is 35.5. The van der Waals surface area contributed by atoms with E-state index >= 15 is 0 Å². The van der Waals surface area contributed by atoms with Gasteiger partial charge in [-0.15, -0.1) is 0 Å². The Morgan fingerprint density at radius 2 is 2.03 bits per heavy atom. The van der Waals surface area contributed by atoms with Crippen molar-refractivity contribution >= 4 is 39.4 Å². The summed E-state index contributed by atoms with van der Waals surface area (Å²) in [5.74, 6) is 0.431. The van der Waals surface area contributed by atoms with Crippen LogP contribution in [0.1, 0.15) is 11.1 Å². The molecule has 0 bridgehead atoms. The molecule has 166 valence electrons.